The summed E-state index contributed by atoms with van der Waals surface area (Å²) in [6.07, 6.45) is 0. The van der Waals surface area contributed by atoms with Crippen LogP contribution in [0.1, 0.15) is 26.6 Å². The number of hydrogen-bond donors (Lipinski definition) is 1. The minimum absolute atomic E-state index is 0.221. The molecule has 1 heterocycles. The van der Waals surface area contributed by atoms with Crippen molar-refractivity contribution in [1.29, 1.82) is 0 Å². The van der Waals surface area contributed by atoms with Gasteiger partial charge < -0.3 is 14.8 Å². The van der Waals surface area contributed by atoms with Crippen molar-refractivity contribution in [2.45, 2.75) is 33.3 Å². The van der Waals surface area contributed by atoms with Crippen molar-refractivity contribution in [2.24, 2.45) is 0 Å². The van der Waals surface area contributed by atoms with Crippen molar-refractivity contribution in [3.63, 3.8) is 0 Å². The quantitative estimate of drug-likeness (QED) is 0.823. The van der Waals surface area contributed by atoms with Gasteiger partial charge in [0.2, 0.25) is 5.88 Å². The van der Waals surface area contributed by atoms with Crippen LogP contribution in [-0.2, 0) is 4.74 Å². The number of hydrogen-bond acceptors (Lipinski definition) is 5. The Morgan fingerprint density at radius 3 is 2.65 bits per heavy atom. The Labute approximate surface area is 103 Å². The second-order valence-corrected chi connectivity index (χ2v) is 4.39. The van der Waals surface area contributed by atoms with Crippen LogP contribution in [0.3, 0.4) is 0 Å². The summed E-state index contributed by atoms with van der Waals surface area (Å²) in [4.78, 5) is 8.42. The molecule has 0 saturated carbocycles. The molecular weight excluding hydrogens is 218 g/mol. The van der Waals surface area contributed by atoms with Gasteiger partial charge in [0.1, 0.15) is 11.6 Å². The standard InChI is InChI=1S/C12H21N3O2/c1-6-17-12(3,4)8-13-10-7-11(16-5)15-9(2)14-10/h7H,6,8H2,1-5H3,(H,13,14,15). The zero-order chi connectivity index (χ0) is 12.9. The topological polar surface area (TPSA) is 56.3 Å². The Morgan fingerprint density at radius 2 is 2.06 bits per heavy atom. The van der Waals surface area contributed by atoms with Crippen LogP contribution in [0.15, 0.2) is 6.07 Å². The fraction of sp³-hybridized carbons (Fsp3) is 0.667. The Morgan fingerprint density at radius 1 is 1.35 bits per heavy atom. The predicted octanol–water partition coefficient (Wildman–Crippen LogP) is 2.02. The lowest BCUT2D eigenvalue weighted by Crippen LogP contribution is -2.33. The van der Waals surface area contributed by atoms with Gasteiger partial charge in [0.15, 0.2) is 0 Å². The molecule has 17 heavy (non-hydrogen) atoms. The lowest BCUT2D eigenvalue weighted by atomic mass is 10.1. The first kappa shape index (κ1) is 13.7. The van der Waals surface area contributed by atoms with E-state index in [-0.39, 0.29) is 5.60 Å². The van der Waals surface area contributed by atoms with Crippen LogP contribution < -0.4 is 10.1 Å². The largest absolute Gasteiger partial charge is 0.481 e. The van der Waals surface area contributed by atoms with Crippen LogP contribution in [-0.4, -0.2) is 35.8 Å². The molecule has 0 unspecified atom stereocenters. The van der Waals surface area contributed by atoms with Crippen molar-refractivity contribution in [2.75, 3.05) is 25.6 Å². The fourth-order valence-corrected chi connectivity index (χ4v) is 1.48. The number of aromatic nitrogens is 2. The Kier molecular flexibility index (Phi) is 4.69. The molecular formula is C12H21N3O2. The normalized spacial score (nSPS) is 11.4. The van der Waals surface area contributed by atoms with E-state index in [4.69, 9.17) is 9.47 Å². The first-order chi connectivity index (χ1) is 7.96. The van der Waals surface area contributed by atoms with Crippen LogP contribution in [0.2, 0.25) is 0 Å². The fourth-order valence-electron chi connectivity index (χ4n) is 1.48. The van der Waals surface area contributed by atoms with Crippen molar-refractivity contribution in [3.8, 4) is 5.88 Å². The summed E-state index contributed by atoms with van der Waals surface area (Å²) < 4.78 is 10.7. The minimum Gasteiger partial charge on any atom is -0.481 e. The van der Waals surface area contributed by atoms with Gasteiger partial charge in [0, 0.05) is 19.2 Å². The van der Waals surface area contributed by atoms with E-state index in [0.717, 1.165) is 5.82 Å². The molecule has 0 aliphatic rings. The SMILES string of the molecule is CCOC(C)(C)CNc1cc(OC)nc(C)n1. The average molecular weight is 239 g/mol. The van der Waals surface area contributed by atoms with E-state index in [1.54, 1.807) is 13.2 Å². The summed E-state index contributed by atoms with van der Waals surface area (Å²) in [5.41, 5.74) is -0.221. The van der Waals surface area contributed by atoms with Gasteiger partial charge in [-0.05, 0) is 27.7 Å². The predicted molar refractivity (Wildman–Crippen MR) is 67.5 cm³/mol. The number of ether oxygens (including phenoxy) is 2. The summed E-state index contributed by atoms with van der Waals surface area (Å²) >= 11 is 0. The van der Waals surface area contributed by atoms with E-state index in [9.17, 15) is 0 Å². The van der Waals surface area contributed by atoms with Gasteiger partial charge >= 0.3 is 0 Å². The molecule has 0 amide bonds. The third-order valence-electron chi connectivity index (χ3n) is 2.25. The van der Waals surface area contributed by atoms with E-state index in [0.29, 0.717) is 24.9 Å². The molecule has 0 aromatic carbocycles. The lowest BCUT2D eigenvalue weighted by Gasteiger charge is -2.25. The van der Waals surface area contributed by atoms with Crippen molar-refractivity contribution in [1.82, 2.24) is 9.97 Å². The summed E-state index contributed by atoms with van der Waals surface area (Å²) in [5, 5.41) is 3.23. The highest BCUT2D eigenvalue weighted by Gasteiger charge is 2.17. The number of anilines is 1. The Hall–Kier alpha value is -1.36. The molecule has 0 saturated heterocycles. The average Bonchev–Trinajstić information content (AvgIpc) is 2.26. The third-order valence-corrected chi connectivity index (χ3v) is 2.25. The van der Waals surface area contributed by atoms with E-state index in [1.807, 2.05) is 27.7 Å². The zero-order valence-electron chi connectivity index (χ0n) is 11.2. The first-order valence-corrected chi connectivity index (χ1v) is 5.74. The van der Waals surface area contributed by atoms with Crippen LogP contribution in [0.5, 0.6) is 5.88 Å². The molecule has 0 radical (unpaired) electrons. The smallest absolute Gasteiger partial charge is 0.218 e. The highest BCUT2D eigenvalue weighted by Crippen LogP contribution is 2.15. The van der Waals surface area contributed by atoms with Gasteiger partial charge in [-0.2, -0.15) is 4.98 Å². The van der Waals surface area contributed by atoms with E-state index >= 15 is 0 Å². The van der Waals surface area contributed by atoms with Gasteiger partial charge in [-0.3, -0.25) is 0 Å². The maximum Gasteiger partial charge on any atom is 0.218 e. The highest BCUT2D eigenvalue weighted by molar-refractivity contribution is 5.38. The maximum atomic E-state index is 5.60. The second-order valence-electron chi connectivity index (χ2n) is 4.39. The van der Waals surface area contributed by atoms with Gasteiger partial charge in [-0.25, -0.2) is 4.98 Å². The molecule has 0 bridgehead atoms. The van der Waals surface area contributed by atoms with Crippen molar-refractivity contribution >= 4 is 5.82 Å². The van der Waals surface area contributed by atoms with Crippen LogP contribution in [0.25, 0.3) is 0 Å². The number of nitrogens with one attached hydrogen (secondary N) is 1. The summed E-state index contributed by atoms with van der Waals surface area (Å²) in [6.45, 7) is 9.27. The Balaban J connectivity index is 2.65. The third kappa shape index (κ3) is 4.56. The molecule has 1 aromatic rings. The Bertz CT molecular complexity index is 367. The van der Waals surface area contributed by atoms with Gasteiger partial charge in [-0.15, -0.1) is 0 Å². The maximum absolute atomic E-state index is 5.60. The molecule has 0 fully saturated rings. The van der Waals surface area contributed by atoms with Gasteiger partial charge in [-0.1, -0.05) is 0 Å². The number of aryl methyl sites for hydroxylation is 1. The number of methoxy groups -OCH3 is 1. The van der Waals surface area contributed by atoms with Crippen LogP contribution in [0.4, 0.5) is 5.82 Å². The van der Waals surface area contributed by atoms with Gasteiger partial charge in [0.25, 0.3) is 0 Å². The second kappa shape index (κ2) is 5.82. The molecule has 0 aliphatic carbocycles. The summed E-state index contributed by atoms with van der Waals surface area (Å²) in [5.74, 6) is 2.00. The van der Waals surface area contributed by atoms with E-state index in [2.05, 4.69) is 15.3 Å². The van der Waals surface area contributed by atoms with Crippen molar-refractivity contribution < 1.29 is 9.47 Å². The van der Waals surface area contributed by atoms with Gasteiger partial charge in [0.05, 0.1) is 12.7 Å². The first-order valence-electron chi connectivity index (χ1n) is 5.74. The molecule has 1 rings (SSSR count). The summed E-state index contributed by atoms with van der Waals surface area (Å²) in [7, 11) is 1.59. The zero-order valence-corrected chi connectivity index (χ0v) is 11.2. The molecule has 1 aromatic heterocycles. The molecule has 0 spiro atoms. The summed E-state index contributed by atoms with van der Waals surface area (Å²) in [6, 6.07) is 1.77. The van der Waals surface area contributed by atoms with Crippen LogP contribution >= 0.6 is 0 Å². The van der Waals surface area contributed by atoms with E-state index < -0.39 is 0 Å². The molecule has 0 aliphatic heterocycles. The lowest BCUT2D eigenvalue weighted by molar-refractivity contribution is 0.000633. The van der Waals surface area contributed by atoms with E-state index in [1.165, 1.54) is 0 Å². The molecule has 1 N–H and O–H groups in total. The minimum atomic E-state index is -0.221. The monoisotopic (exact) mass is 239 g/mol. The number of nitrogens with zero attached hydrogens (tertiary/aromatic N) is 2. The molecule has 5 heteroatoms. The molecule has 0 atom stereocenters. The molecule has 96 valence electrons. The number of rotatable bonds is 6. The van der Waals surface area contributed by atoms with Crippen LogP contribution in [0, 0.1) is 6.92 Å². The highest BCUT2D eigenvalue weighted by atomic mass is 16.5. The molecule has 5 nitrogen and oxygen atoms in total. The van der Waals surface area contributed by atoms with Crippen molar-refractivity contribution in [3.05, 3.63) is 11.9 Å².